The van der Waals surface area contributed by atoms with Crippen LogP contribution in [0.1, 0.15) is 39.0 Å². The molecule has 0 bridgehead atoms. The molecule has 0 saturated heterocycles. The van der Waals surface area contributed by atoms with E-state index in [0.717, 1.165) is 11.1 Å². The highest BCUT2D eigenvalue weighted by Crippen LogP contribution is 2.27. The third kappa shape index (κ3) is 5.11. The molecule has 0 aliphatic carbocycles. The number of halogens is 1. The van der Waals surface area contributed by atoms with E-state index in [0.29, 0.717) is 11.5 Å². The summed E-state index contributed by atoms with van der Waals surface area (Å²) < 4.78 is 25.1. The van der Waals surface area contributed by atoms with Crippen LogP contribution < -0.4 is 20.1 Å². The standard InChI is InChI=1S/C26H28FN5O5/c1-26(25(35)29-13-16-5-8-18(27)9-6-16)15-32-21(24(34)31(26)2)12-20(30-32)23(33)28-14-17-7-10-19(36-3)11-22(17)37-4/h5-12H,13-15H2,1-4H3,(H,28,33)(H,29,35)/t26-/m1/s1. The fourth-order valence-corrected chi connectivity index (χ4v) is 4.08. The van der Waals surface area contributed by atoms with Crippen molar-refractivity contribution in [3.05, 3.63) is 76.9 Å². The molecule has 11 heteroatoms. The van der Waals surface area contributed by atoms with Gasteiger partial charge in [0.15, 0.2) is 5.69 Å². The average Bonchev–Trinajstić information content (AvgIpc) is 3.33. The lowest BCUT2D eigenvalue weighted by Gasteiger charge is -2.40. The van der Waals surface area contributed by atoms with E-state index in [2.05, 4.69) is 15.7 Å². The minimum Gasteiger partial charge on any atom is -0.497 e. The van der Waals surface area contributed by atoms with Crippen LogP contribution in [0.25, 0.3) is 0 Å². The van der Waals surface area contributed by atoms with Gasteiger partial charge in [-0.15, -0.1) is 0 Å². The Morgan fingerprint density at radius 2 is 1.78 bits per heavy atom. The number of aromatic nitrogens is 2. The van der Waals surface area contributed by atoms with Gasteiger partial charge in [-0.05, 0) is 36.8 Å². The van der Waals surface area contributed by atoms with E-state index in [1.165, 1.54) is 41.9 Å². The summed E-state index contributed by atoms with van der Waals surface area (Å²) in [6.07, 6.45) is 0. The Balaban J connectivity index is 1.46. The number of nitrogens with one attached hydrogen (secondary N) is 2. The maximum absolute atomic E-state index is 13.1. The van der Waals surface area contributed by atoms with Gasteiger partial charge in [0.1, 0.15) is 28.5 Å². The zero-order valence-corrected chi connectivity index (χ0v) is 21.0. The van der Waals surface area contributed by atoms with E-state index in [1.807, 2.05) is 0 Å². The van der Waals surface area contributed by atoms with Crippen LogP contribution in [-0.4, -0.2) is 59.2 Å². The number of amides is 3. The highest BCUT2D eigenvalue weighted by molar-refractivity contribution is 6.01. The van der Waals surface area contributed by atoms with Crippen LogP contribution in [0.4, 0.5) is 4.39 Å². The SMILES string of the molecule is COc1ccc(CNC(=O)c2cc3n(n2)C[C@](C)(C(=O)NCc2ccc(F)cc2)N(C)C3=O)c(OC)c1. The summed E-state index contributed by atoms with van der Waals surface area (Å²) >= 11 is 0. The maximum atomic E-state index is 13.1. The molecular weight excluding hydrogens is 481 g/mol. The number of hydrogen-bond acceptors (Lipinski definition) is 6. The number of hydrogen-bond donors (Lipinski definition) is 2. The molecule has 37 heavy (non-hydrogen) atoms. The molecule has 0 spiro atoms. The lowest BCUT2D eigenvalue weighted by molar-refractivity contribution is -0.132. The van der Waals surface area contributed by atoms with Crippen molar-refractivity contribution >= 4 is 17.7 Å². The van der Waals surface area contributed by atoms with Gasteiger partial charge in [-0.25, -0.2) is 4.39 Å². The predicted octanol–water partition coefficient (Wildman–Crippen LogP) is 2.13. The van der Waals surface area contributed by atoms with Gasteiger partial charge in [0.2, 0.25) is 5.91 Å². The van der Waals surface area contributed by atoms with E-state index >= 15 is 0 Å². The Kier molecular flexibility index (Phi) is 7.14. The van der Waals surface area contributed by atoms with Gasteiger partial charge in [-0.1, -0.05) is 12.1 Å². The number of ether oxygens (including phenoxy) is 2. The summed E-state index contributed by atoms with van der Waals surface area (Å²) in [7, 11) is 4.61. The van der Waals surface area contributed by atoms with E-state index in [-0.39, 0.29) is 36.8 Å². The molecule has 3 aromatic rings. The number of fused-ring (bicyclic) bond motifs is 1. The average molecular weight is 510 g/mol. The van der Waals surface area contributed by atoms with Crippen LogP contribution in [0.15, 0.2) is 48.5 Å². The van der Waals surface area contributed by atoms with E-state index < -0.39 is 23.3 Å². The smallest absolute Gasteiger partial charge is 0.272 e. The Labute approximate surface area is 213 Å². The van der Waals surface area contributed by atoms with Gasteiger partial charge in [-0.3, -0.25) is 19.1 Å². The molecule has 2 N–H and O–H groups in total. The van der Waals surface area contributed by atoms with Crippen molar-refractivity contribution in [2.75, 3.05) is 21.3 Å². The summed E-state index contributed by atoms with van der Waals surface area (Å²) in [4.78, 5) is 40.4. The van der Waals surface area contributed by atoms with Crippen molar-refractivity contribution in [1.82, 2.24) is 25.3 Å². The quantitative estimate of drug-likeness (QED) is 0.481. The molecule has 2 heterocycles. The monoisotopic (exact) mass is 509 g/mol. The number of benzene rings is 2. The van der Waals surface area contributed by atoms with E-state index in [1.54, 1.807) is 44.4 Å². The molecule has 1 aromatic heterocycles. The van der Waals surface area contributed by atoms with Gasteiger partial charge in [0.25, 0.3) is 11.8 Å². The van der Waals surface area contributed by atoms with Crippen molar-refractivity contribution in [3.8, 4) is 11.5 Å². The molecule has 1 aliphatic heterocycles. The fraction of sp³-hybridized carbons (Fsp3) is 0.308. The molecule has 4 rings (SSSR count). The first-order chi connectivity index (χ1) is 17.7. The second kappa shape index (κ2) is 10.3. The summed E-state index contributed by atoms with van der Waals surface area (Å²) in [6, 6.07) is 12.4. The van der Waals surface area contributed by atoms with Crippen LogP contribution in [0.5, 0.6) is 11.5 Å². The minimum absolute atomic E-state index is 0.0550. The van der Waals surface area contributed by atoms with Crippen molar-refractivity contribution < 1.29 is 28.2 Å². The molecule has 10 nitrogen and oxygen atoms in total. The van der Waals surface area contributed by atoms with Gasteiger partial charge >= 0.3 is 0 Å². The first-order valence-corrected chi connectivity index (χ1v) is 11.5. The summed E-state index contributed by atoms with van der Waals surface area (Å²) in [6.45, 7) is 2.03. The largest absolute Gasteiger partial charge is 0.497 e. The van der Waals surface area contributed by atoms with Crippen molar-refractivity contribution in [2.24, 2.45) is 0 Å². The zero-order valence-electron chi connectivity index (χ0n) is 21.0. The second-order valence-electron chi connectivity index (χ2n) is 8.88. The molecular formula is C26H28FN5O5. The Bertz CT molecular complexity index is 1340. The predicted molar refractivity (Wildman–Crippen MR) is 132 cm³/mol. The Morgan fingerprint density at radius 1 is 1.05 bits per heavy atom. The molecule has 0 unspecified atom stereocenters. The molecule has 1 atom stereocenters. The van der Waals surface area contributed by atoms with Crippen LogP contribution in [0.3, 0.4) is 0 Å². The number of carbonyl (C=O) groups excluding carboxylic acids is 3. The van der Waals surface area contributed by atoms with Crippen LogP contribution >= 0.6 is 0 Å². The second-order valence-corrected chi connectivity index (χ2v) is 8.88. The Morgan fingerprint density at radius 3 is 2.46 bits per heavy atom. The molecule has 0 fully saturated rings. The topological polar surface area (TPSA) is 115 Å². The molecule has 0 saturated carbocycles. The van der Waals surface area contributed by atoms with E-state index in [9.17, 15) is 18.8 Å². The van der Waals surface area contributed by atoms with Gasteiger partial charge in [0.05, 0.1) is 20.8 Å². The van der Waals surface area contributed by atoms with Gasteiger partial charge in [0, 0.05) is 37.8 Å². The highest BCUT2D eigenvalue weighted by atomic mass is 19.1. The first kappa shape index (κ1) is 25.7. The lowest BCUT2D eigenvalue weighted by Crippen LogP contribution is -2.62. The summed E-state index contributed by atoms with van der Waals surface area (Å²) in [5.74, 6) is -0.490. The summed E-state index contributed by atoms with van der Waals surface area (Å²) in [5.41, 5.74) is 0.469. The Hall–Kier alpha value is -4.41. The van der Waals surface area contributed by atoms with Crippen molar-refractivity contribution in [2.45, 2.75) is 32.1 Å². The third-order valence-corrected chi connectivity index (χ3v) is 6.52. The lowest BCUT2D eigenvalue weighted by atomic mass is 9.96. The van der Waals surface area contributed by atoms with Gasteiger partial charge in [-0.2, -0.15) is 5.10 Å². The van der Waals surface area contributed by atoms with Crippen molar-refractivity contribution in [3.63, 3.8) is 0 Å². The number of nitrogens with zero attached hydrogens (tertiary/aromatic N) is 3. The molecule has 0 radical (unpaired) electrons. The van der Waals surface area contributed by atoms with E-state index in [4.69, 9.17) is 9.47 Å². The maximum Gasteiger partial charge on any atom is 0.272 e. The highest BCUT2D eigenvalue weighted by Gasteiger charge is 2.46. The summed E-state index contributed by atoms with van der Waals surface area (Å²) in [5, 5.41) is 9.89. The van der Waals surface area contributed by atoms with Gasteiger partial charge < -0.3 is 25.0 Å². The van der Waals surface area contributed by atoms with Crippen molar-refractivity contribution in [1.29, 1.82) is 0 Å². The number of methoxy groups -OCH3 is 2. The van der Waals surface area contributed by atoms with Crippen LogP contribution in [-0.2, 0) is 24.4 Å². The molecule has 1 aliphatic rings. The zero-order chi connectivity index (χ0) is 26.7. The van der Waals surface area contributed by atoms with Crippen LogP contribution in [0, 0.1) is 5.82 Å². The molecule has 194 valence electrons. The minimum atomic E-state index is -1.25. The molecule has 3 amide bonds. The number of carbonyl (C=O) groups is 3. The number of rotatable bonds is 8. The third-order valence-electron chi connectivity index (χ3n) is 6.52. The number of likely N-dealkylation sites (N-methyl/N-ethyl adjacent to an activating group) is 1. The fourth-order valence-electron chi connectivity index (χ4n) is 4.08. The normalized spacial score (nSPS) is 16.7. The van der Waals surface area contributed by atoms with Crippen LogP contribution in [0.2, 0.25) is 0 Å². The molecule has 2 aromatic carbocycles. The first-order valence-electron chi connectivity index (χ1n) is 11.5.